The minimum atomic E-state index is -0.570. The van der Waals surface area contributed by atoms with Crippen LogP contribution in [0.4, 0.5) is 5.69 Å². The smallest absolute Gasteiger partial charge is 0.123 e. The fraction of sp³-hybridized carbons (Fsp3) is 0.273. The van der Waals surface area contributed by atoms with Crippen LogP contribution < -0.4 is 15.8 Å². The number of fused-ring (bicyclic) bond motifs is 1. The summed E-state index contributed by atoms with van der Waals surface area (Å²) in [7, 11) is 0. The first-order valence-electron chi connectivity index (χ1n) is 9.49. The summed E-state index contributed by atoms with van der Waals surface area (Å²) in [6, 6.07) is 13.7. The average molecular weight is 376 g/mol. The number of nitrogen functional groups attached to an aromatic ring is 1. The molecule has 0 amide bonds. The predicted octanol–water partition coefficient (Wildman–Crippen LogP) is 2.74. The highest BCUT2D eigenvalue weighted by atomic mass is 16.5. The fourth-order valence-electron chi connectivity index (χ4n) is 3.40. The van der Waals surface area contributed by atoms with Crippen molar-refractivity contribution in [3.05, 3.63) is 72.2 Å². The molecule has 144 valence electrons. The van der Waals surface area contributed by atoms with Gasteiger partial charge >= 0.3 is 0 Å². The highest BCUT2D eigenvalue weighted by molar-refractivity contribution is 5.63. The van der Waals surface area contributed by atoms with Crippen molar-refractivity contribution in [2.75, 3.05) is 18.8 Å². The fourth-order valence-corrected chi connectivity index (χ4v) is 3.40. The molecule has 0 aliphatic carbocycles. The van der Waals surface area contributed by atoms with E-state index in [0.29, 0.717) is 18.8 Å². The summed E-state index contributed by atoms with van der Waals surface area (Å²) in [6.07, 6.45) is 6.47. The lowest BCUT2D eigenvalue weighted by Crippen LogP contribution is -2.36. The molecule has 1 aliphatic heterocycles. The summed E-state index contributed by atoms with van der Waals surface area (Å²) in [5.41, 5.74) is 10.4. The molecule has 0 bridgehead atoms. The number of aliphatic hydroxyl groups excluding tert-OH is 1. The standard InChI is InChI=1S/C22H24N4O2/c23-18-5-7-20(26-12-18)15-4-8-22-16(10-15)3-6-19(28-22)13-25-14-21(27)17-2-1-9-24-11-17/h1-2,4-5,7-12,19,21,25,27H,3,6,13-14,23H2/t19-,21+/m1/s1. The van der Waals surface area contributed by atoms with E-state index in [-0.39, 0.29) is 6.10 Å². The van der Waals surface area contributed by atoms with E-state index in [9.17, 15) is 5.11 Å². The molecule has 0 fully saturated rings. The second-order valence-electron chi connectivity index (χ2n) is 7.04. The van der Waals surface area contributed by atoms with E-state index in [1.807, 2.05) is 36.4 Å². The Balaban J connectivity index is 1.33. The van der Waals surface area contributed by atoms with Crippen LogP contribution in [0.25, 0.3) is 11.3 Å². The maximum absolute atomic E-state index is 10.2. The van der Waals surface area contributed by atoms with Crippen molar-refractivity contribution >= 4 is 5.69 Å². The summed E-state index contributed by atoms with van der Waals surface area (Å²) in [6.45, 7) is 1.16. The van der Waals surface area contributed by atoms with Gasteiger partial charge in [0.2, 0.25) is 0 Å². The van der Waals surface area contributed by atoms with Crippen LogP contribution in [0.1, 0.15) is 23.7 Å². The Morgan fingerprint density at radius 1 is 1.21 bits per heavy atom. The molecule has 0 saturated carbocycles. The first kappa shape index (κ1) is 18.4. The number of nitrogens with two attached hydrogens (primary N) is 1. The molecule has 2 aromatic heterocycles. The Bertz CT molecular complexity index is 916. The van der Waals surface area contributed by atoms with Gasteiger partial charge in [-0.1, -0.05) is 6.07 Å². The van der Waals surface area contributed by atoms with E-state index in [0.717, 1.165) is 35.4 Å². The van der Waals surface area contributed by atoms with Crippen LogP contribution in [0.15, 0.2) is 61.1 Å². The maximum Gasteiger partial charge on any atom is 0.123 e. The molecule has 1 aliphatic rings. The van der Waals surface area contributed by atoms with Gasteiger partial charge in [-0.3, -0.25) is 9.97 Å². The topological polar surface area (TPSA) is 93.3 Å². The van der Waals surface area contributed by atoms with E-state index in [2.05, 4.69) is 21.4 Å². The molecule has 4 rings (SSSR count). The maximum atomic E-state index is 10.2. The molecule has 0 saturated heterocycles. The Labute approximate surface area is 164 Å². The number of pyridine rings is 2. The van der Waals surface area contributed by atoms with E-state index < -0.39 is 6.10 Å². The second kappa shape index (κ2) is 8.37. The lowest BCUT2D eigenvalue weighted by Gasteiger charge is -2.27. The zero-order valence-electron chi connectivity index (χ0n) is 15.6. The van der Waals surface area contributed by atoms with Gasteiger partial charge in [-0.15, -0.1) is 0 Å². The number of hydrogen-bond donors (Lipinski definition) is 3. The van der Waals surface area contributed by atoms with Crippen LogP contribution in [0, 0.1) is 0 Å². The molecule has 3 aromatic rings. The molecule has 3 heterocycles. The van der Waals surface area contributed by atoms with Gasteiger partial charge in [0.15, 0.2) is 0 Å². The van der Waals surface area contributed by atoms with Crippen molar-refractivity contribution < 1.29 is 9.84 Å². The average Bonchev–Trinajstić information content (AvgIpc) is 2.74. The van der Waals surface area contributed by atoms with Gasteiger partial charge < -0.3 is 20.9 Å². The molecule has 4 N–H and O–H groups in total. The lowest BCUT2D eigenvalue weighted by molar-refractivity contribution is 0.146. The Morgan fingerprint density at radius 3 is 2.93 bits per heavy atom. The van der Waals surface area contributed by atoms with Gasteiger partial charge in [0.1, 0.15) is 11.9 Å². The number of aryl methyl sites for hydroxylation is 1. The Kier molecular flexibility index (Phi) is 5.50. The van der Waals surface area contributed by atoms with E-state index in [4.69, 9.17) is 10.5 Å². The van der Waals surface area contributed by atoms with Gasteiger partial charge in [-0.05, 0) is 54.8 Å². The van der Waals surface area contributed by atoms with Crippen LogP contribution in [0.2, 0.25) is 0 Å². The molecular formula is C22H24N4O2. The van der Waals surface area contributed by atoms with Crippen LogP contribution in [-0.2, 0) is 6.42 Å². The van der Waals surface area contributed by atoms with Crippen molar-refractivity contribution in [2.45, 2.75) is 25.0 Å². The highest BCUT2D eigenvalue weighted by Crippen LogP contribution is 2.31. The van der Waals surface area contributed by atoms with Crippen molar-refractivity contribution in [3.63, 3.8) is 0 Å². The van der Waals surface area contributed by atoms with Crippen LogP contribution >= 0.6 is 0 Å². The van der Waals surface area contributed by atoms with E-state index in [1.165, 1.54) is 5.56 Å². The summed E-state index contributed by atoms with van der Waals surface area (Å²) < 4.78 is 6.13. The minimum Gasteiger partial charge on any atom is -0.489 e. The van der Waals surface area contributed by atoms with Gasteiger partial charge in [0.25, 0.3) is 0 Å². The van der Waals surface area contributed by atoms with Gasteiger partial charge in [-0.25, -0.2) is 0 Å². The number of anilines is 1. The first-order chi connectivity index (χ1) is 13.7. The number of aromatic nitrogens is 2. The van der Waals surface area contributed by atoms with Crippen molar-refractivity contribution in [1.82, 2.24) is 15.3 Å². The van der Waals surface area contributed by atoms with Crippen LogP contribution in [-0.4, -0.2) is 34.3 Å². The molecule has 0 spiro atoms. The molecule has 0 radical (unpaired) electrons. The summed E-state index contributed by atoms with van der Waals surface area (Å²) in [4.78, 5) is 8.43. The van der Waals surface area contributed by atoms with Crippen LogP contribution in [0.3, 0.4) is 0 Å². The van der Waals surface area contributed by atoms with Gasteiger partial charge in [-0.2, -0.15) is 0 Å². The van der Waals surface area contributed by atoms with Gasteiger partial charge in [0.05, 0.1) is 23.7 Å². The SMILES string of the molecule is Nc1ccc(-c2ccc3c(c2)CC[C@H](CNC[C@H](O)c2cccnc2)O3)nc1. The Hall–Kier alpha value is -2.96. The molecular weight excluding hydrogens is 352 g/mol. The summed E-state index contributed by atoms with van der Waals surface area (Å²) in [5, 5.41) is 13.5. The predicted molar refractivity (Wildman–Crippen MR) is 109 cm³/mol. The first-order valence-corrected chi connectivity index (χ1v) is 9.49. The molecule has 2 atom stereocenters. The second-order valence-corrected chi connectivity index (χ2v) is 7.04. The third-order valence-corrected chi connectivity index (χ3v) is 4.95. The zero-order chi connectivity index (χ0) is 19.3. The van der Waals surface area contributed by atoms with Gasteiger partial charge in [0, 0.05) is 36.6 Å². The highest BCUT2D eigenvalue weighted by Gasteiger charge is 2.20. The van der Waals surface area contributed by atoms with Crippen molar-refractivity contribution in [3.8, 4) is 17.0 Å². The number of benzene rings is 1. The monoisotopic (exact) mass is 376 g/mol. The molecule has 6 heteroatoms. The number of nitrogens with zero attached hydrogens (tertiary/aromatic N) is 2. The number of nitrogens with one attached hydrogen (secondary N) is 1. The summed E-state index contributed by atoms with van der Waals surface area (Å²) >= 11 is 0. The number of hydrogen-bond acceptors (Lipinski definition) is 6. The molecule has 1 aromatic carbocycles. The molecule has 0 unspecified atom stereocenters. The number of rotatable bonds is 6. The van der Waals surface area contributed by atoms with Crippen molar-refractivity contribution in [1.29, 1.82) is 0 Å². The normalized spacial score (nSPS) is 16.8. The number of ether oxygens (including phenoxy) is 1. The van der Waals surface area contributed by atoms with Crippen LogP contribution in [0.5, 0.6) is 5.75 Å². The quantitative estimate of drug-likeness (QED) is 0.613. The molecule has 28 heavy (non-hydrogen) atoms. The number of aliphatic hydroxyl groups is 1. The third-order valence-electron chi connectivity index (χ3n) is 4.95. The third kappa shape index (κ3) is 4.30. The molecule has 6 nitrogen and oxygen atoms in total. The Morgan fingerprint density at radius 2 is 2.14 bits per heavy atom. The summed E-state index contributed by atoms with van der Waals surface area (Å²) in [5.74, 6) is 0.921. The van der Waals surface area contributed by atoms with E-state index >= 15 is 0 Å². The van der Waals surface area contributed by atoms with Crippen molar-refractivity contribution in [2.24, 2.45) is 0 Å². The zero-order valence-corrected chi connectivity index (χ0v) is 15.6. The van der Waals surface area contributed by atoms with E-state index in [1.54, 1.807) is 18.6 Å². The largest absolute Gasteiger partial charge is 0.489 e. The minimum absolute atomic E-state index is 0.0918. The lowest BCUT2D eigenvalue weighted by atomic mass is 9.98.